The fourth-order valence-corrected chi connectivity index (χ4v) is 5.83. The second-order valence-electron chi connectivity index (χ2n) is 14.5. The number of hydrogen-bond acceptors (Lipinski definition) is 8. The van der Waals surface area contributed by atoms with Crippen LogP contribution in [0.5, 0.6) is 0 Å². The van der Waals surface area contributed by atoms with Crippen LogP contribution in [0.1, 0.15) is 93.1 Å². The van der Waals surface area contributed by atoms with Gasteiger partial charge in [-0.15, -0.1) is 5.10 Å². The Morgan fingerprint density at radius 3 is 2.44 bits per heavy atom. The molecule has 2 fully saturated rings. The molecule has 2 saturated carbocycles. The molecule has 0 spiro atoms. The Morgan fingerprint density at radius 2 is 1.83 bits per heavy atom. The summed E-state index contributed by atoms with van der Waals surface area (Å²) in [4.78, 5) is 36.6. The van der Waals surface area contributed by atoms with Crippen LogP contribution in [0.3, 0.4) is 0 Å². The highest BCUT2D eigenvalue weighted by Crippen LogP contribution is 2.49. The van der Waals surface area contributed by atoms with Crippen LogP contribution in [0.2, 0.25) is 5.02 Å². The molecule has 2 aromatic heterocycles. The summed E-state index contributed by atoms with van der Waals surface area (Å²) < 4.78 is 76.8. The molecule has 13 nitrogen and oxygen atoms in total. The molecule has 6 rings (SSSR count). The van der Waals surface area contributed by atoms with Crippen molar-refractivity contribution in [1.29, 1.82) is 0 Å². The molecule has 288 valence electrons. The summed E-state index contributed by atoms with van der Waals surface area (Å²) in [5, 5.41) is 14.2. The van der Waals surface area contributed by atoms with Gasteiger partial charge in [0.2, 0.25) is 0 Å². The minimum Gasteiger partial charge on any atom is -0.447 e. The van der Waals surface area contributed by atoms with Gasteiger partial charge in [0.15, 0.2) is 11.8 Å². The minimum atomic E-state index is -4.72. The normalized spacial score (nSPS) is 16.3. The summed E-state index contributed by atoms with van der Waals surface area (Å²) in [5.41, 5.74) is 5.43. The van der Waals surface area contributed by atoms with Gasteiger partial charge in [0.05, 0.1) is 29.0 Å². The lowest BCUT2D eigenvalue weighted by Crippen LogP contribution is -2.49. The molecule has 0 saturated heterocycles. The third-order valence-electron chi connectivity index (χ3n) is 9.13. The Kier molecular flexibility index (Phi) is 10.7. The monoisotopic (exact) mass is 776 g/mol. The molecule has 1 atom stereocenters. The topological polar surface area (TPSA) is 158 Å². The van der Waals surface area contributed by atoms with E-state index in [9.17, 15) is 31.5 Å². The molecule has 2 aliphatic carbocycles. The number of nitrogens with two attached hydrogens (primary N) is 1. The van der Waals surface area contributed by atoms with Gasteiger partial charge in [-0.05, 0) is 67.3 Å². The quantitative estimate of drug-likeness (QED) is 0.0868. The van der Waals surface area contributed by atoms with E-state index in [-0.39, 0.29) is 52.6 Å². The van der Waals surface area contributed by atoms with E-state index in [4.69, 9.17) is 22.1 Å². The van der Waals surface area contributed by atoms with Gasteiger partial charge in [0, 0.05) is 17.7 Å². The molecule has 0 aliphatic heterocycles. The number of guanidine groups is 1. The lowest BCUT2D eigenvalue weighted by atomic mass is 9.92. The first-order valence-corrected chi connectivity index (χ1v) is 17.5. The highest BCUT2D eigenvalue weighted by molar-refractivity contribution is 6.32. The molecule has 4 aromatic rings. The van der Waals surface area contributed by atoms with E-state index in [2.05, 4.69) is 25.4 Å². The number of carbonyl (C=O) groups excluding carboxylic acids is 2. The van der Waals surface area contributed by atoms with E-state index in [1.807, 2.05) is 32.3 Å². The van der Waals surface area contributed by atoms with E-state index in [1.54, 1.807) is 16.8 Å². The molecule has 3 N–H and O–H groups in total. The predicted octanol–water partition coefficient (Wildman–Crippen LogP) is 7.21. The van der Waals surface area contributed by atoms with Crippen molar-refractivity contribution in [2.45, 2.75) is 83.1 Å². The van der Waals surface area contributed by atoms with Crippen LogP contribution < -0.4 is 11.1 Å². The Morgan fingerprint density at radius 1 is 1.13 bits per heavy atom. The van der Waals surface area contributed by atoms with Gasteiger partial charge >= 0.3 is 12.3 Å². The molecule has 0 unspecified atom stereocenters. The summed E-state index contributed by atoms with van der Waals surface area (Å²) in [5.74, 6) is -1.74. The number of alkyl carbamates (subject to hydrolysis) is 1. The molecular formula is C35H38ClF5N10O3. The van der Waals surface area contributed by atoms with Crippen molar-refractivity contribution >= 4 is 29.6 Å². The van der Waals surface area contributed by atoms with Gasteiger partial charge in [-0.3, -0.25) is 14.7 Å². The zero-order valence-electron chi connectivity index (χ0n) is 29.5. The fourth-order valence-electron chi connectivity index (χ4n) is 5.63. The predicted molar refractivity (Wildman–Crippen MR) is 187 cm³/mol. The number of halogens is 6. The van der Waals surface area contributed by atoms with Crippen LogP contribution in [0, 0.1) is 5.41 Å². The van der Waals surface area contributed by atoms with Crippen LogP contribution in [0.4, 0.5) is 26.7 Å². The number of nitrogens with zero attached hydrogens (tertiary/aromatic N) is 8. The van der Waals surface area contributed by atoms with Gasteiger partial charge in [0.1, 0.15) is 24.2 Å². The maximum Gasteiger partial charge on any atom is 0.411 e. The summed E-state index contributed by atoms with van der Waals surface area (Å²) >= 11 is 6.44. The number of benzene rings is 2. The van der Waals surface area contributed by atoms with E-state index < -0.39 is 48.6 Å². The van der Waals surface area contributed by atoms with Crippen LogP contribution in [-0.4, -0.2) is 77.5 Å². The molecule has 0 radical (unpaired) electrons. The average molecular weight is 777 g/mol. The maximum atomic E-state index is 14.5. The first-order chi connectivity index (χ1) is 25.5. The van der Waals surface area contributed by atoms with E-state index in [1.165, 1.54) is 30.3 Å². The van der Waals surface area contributed by atoms with E-state index in [0.717, 1.165) is 28.8 Å². The van der Waals surface area contributed by atoms with Gasteiger partial charge in [-0.1, -0.05) is 55.8 Å². The largest absolute Gasteiger partial charge is 0.447 e. The number of amides is 2. The SMILES string of the molecule is CC(C)(C)CCN=C(N)N(C(=O)c1ccc(-c2cn(C3CC3)nn2)cc1)[C@H](COC(=O)NC1(C(F)(F)F)CC1)c1ccc(Cl)c(-n2ncnc2C(F)F)c1. The smallest absolute Gasteiger partial charge is 0.411 e. The van der Waals surface area contributed by atoms with Gasteiger partial charge in [0.25, 0.3) is 12.3 Å². The Hall–Kier alpha value is -5.13. The third-order valence-corrected chi connectivity index (χ3v) is 9.45. The highest BCUT2D eigenvalue weighted by Gasteiger charge is 2.64. The van der Waals surface area contributed by atoms with Crippen LogP contribution in [-0.2, 0) is 4.74 Å². The first-order valence-electron chi connectivity index (χ1n) is 17.1. The van der Waals surface area contributed by atoms with Crippen molar-refractivity contribution in [3.8, 4) is 16.9 Å². The standard InChI is InChI=1S/C35H38ClF5N10O3/c1-33(2,3)14-15-43-31(42)50(30(52)21-6-4-20(5-7-21)25-17-49(48-47-25)23-9-10-23)27(18-54-32(53)46-34(12-13-34)35(39,40)41)22-8-11-24(36)26(16-22)51-29(28(37)38)44-19-45-51/h4-8,11,16-17,19,23,27-28H,9-10,12-15,18H2,1-3H3,(H2,42,43)(H,46,53)/t27-/m1/s1. The zero-order chi connectivity index (χ0) is 39.0. The second kappa shape index (κ2) is 14.9. The molecule has 2 amide bonds. The van der Waals surface area contributed by atoms with Crippen LogP contribution >= 0.6 is 11.6 Å². The number of carbonyl (C=O) groups is 2. The molecule has 19 heteroatoms. The molecular weight excluding hydrogens is 739 g/mol. The molecule has 54 heavy (non-hydrogen) atoms. The van der Waals surface area contributed by atoms with Gasteiger partial charge in [-0.2, -0.15) is 18.3 Å². The summed E-state index contributed by atoms with van der Waals surface area (Å²) in [6, 6.07) is 9.45. The lowest BCUT2D eigenvalue weighted by Gasteiger charge is -2.32. The number of aliphatic imine (C=N–C) groups is 1. The number of rotatable bonds is 12. The Labute approximate surface area is 311 Å². The molecule has 2 heterocycles. The lowest BCUT2D eigenvalue weighted by molar-refractivity contribution is -0.164. The van der Waals surface area contributed by atoms with Crippen molar-refractivity contribution in [2.75, 3.05) is 13.2 Å². The molecule has 2 aliphatic rings. The van der Waals surface area contributed by atoms with Gasteiger partial charge < -0.3 is 15.8 Å². The van der Waals surface area contributed by atoms with Gasteiger partial charge in [-0.25, -0.2) is 27.9 Å². The highest BCUT2D eigenvalue weighted by atomic mass is 35.5. The number of aromatic nitrogens is 6. The zero-order valence-corrected chi connectivity index (χ0v) is 30.3. The molecule has 0 bridgehead atoms. The number of alkyl halides is 5. The first kappa shape index (κ1) is 38.6. The Bertz CT molecular complexity index is 2020. The minimum absolute atomic E-state index is 0.0247. The van der Waals surface area contributed by atoms with Crippen molar-refractivity contribution in [1.82, 2.24) is 40.0 Å². The maximum absolute atomic E-state index is 14.5. The van der Waals surface area contributed by atoms with Crippen molar-refractivity contribution in [3.05, 3.63) is 77.0 Å². The van der Waals surface area contributed by atoms with E-state index in [0.29, 0.717) is 23.7 Å². The third kappa shape index (κ3) is 8.63. The average Bonchev–Trinajstić information content (AvgIpc) is 4.00. The van der Waals surface area contributed by atoms with Crippen molar-refractivity contribution in [3.63, 3.8) is 0 Å². The fraction of sp³-hybridized carbons (Fsp3) is 0.457. The second-order valence-corrected chi connectivity index (χ2v) is 14.9. The van der Waals surface area contributed by atoms with E-state index >= 15 is 0 Å². The van der Waals surface area contributed by atoms with Crippen LogP contribution in [0.25, 0.3) is 16.9 Å². The van der Waals surface area contributed by atoms with Crippen molar-refractivity contribution < 1.29 is 36.3 Å². The number of ether oxygens (including phenoxy) is 1. The van der Waals surface area contributed by atoms with Crippen molar-refractivity contribution in [2.24, 2.45) is 16.1 Å². The van der Waals surface area contributed by atoms with Crippen LogP contribution in [0.15, 0.2) is 60.0 Å². The Balaban J connectivity index is 1.39. The summed E-state index contributed by atoms with van der Waals surface area (Å²) in [7, 11) is 0. The molecule has 2 aromatic carbocycles. The number of nitrogens with one attached hydrogen (secondary N) is 1. The number of hydrogen-bond donors (Lipinski definition) is 2. The summed E-state index contributed by atoms with van der Waals surface area (Å²) in [6.45, 7) is 5.41. The summed E-state index contributed by atoms with van der Waals surface area (Å²) in [6.07, 6.45) is -4.49.